The second-order valence-electron chi connectivity index (χ2n) is 5.06. The summed E-state index contributed by atoms with van der Waals surface area (Å²) in [4.78, 5) is 24.5. The number of anilines is 1. The number of rotatable bonds is 2. The van der Waals surface area contributed by atoms with Crippen LogP contribution in [0.25, 0.3) is 0 Å². The van der Waals surface area contributed by atoms with Crippen molar-refractivity contribution in [2.75, 3.05) is 18.4 Å². The number of hydrogen-bond acceptors (Lipinski definition) is 3. The van der Waals surface area contributed by atoms with Crippen molar-refractivity contribution in [3.05, 3.63) is 29.6 Å². The molecule has 1 aromatic carbocycles. The third-order valence-corrected chi connectivity index (χ3v) is 3.56. The average molecular weight is 291 g/mol. The van der Waals surface area contributed by atoms with Crippen LogP contribution in [0.3, 0.4) is 0 Å². The number of carbonyl (C=O) groups excluding carboxylic acids is 1. The van der Waals surface area contributed by atoms with Crippen molar-refractivity contribution < 1.29 is 19.1 Å². The van der Waals surface area contributed by atoms with E-state index in [1.54, 1.807) is 13.0 Å². The third kappa shape index (κ3) is 3.11. The van der Waals surface area contributed by atoms with Gasteiger partial charge < -0.3 is 15.3 Å². The van der Waals surface area contributed by atoms with Crippen LogP contribution in [0.5, 0.6) is 0 Å². The number of halogens is 1. The molecule has 1 aliphatic rings. The summed E-state index contributed by atoms with van der Waals surface area (Å²) < 4.78 is 13.0. The lowest BCUT2D eigenvalue weighted by molar-refractivity contribution is -0.142. The van der Waals surface area contributed by atoms with Crippen LogP contribution >= 0.6 is 0 Å². The van der Waals surface area contributed by atoms with Crippen LogP contribution < -0.4 is 5.32 Å². The minimum Gasteiger partial charge on any atom is -0.481 e. The third-order valence-electron chi connectivity index (χ3n) is 3.56. The summed E-state index contributed by atoms with van der Waals surface area (Å²) in [6.45, 7) is 2.21. The number of likely N-dealkylation sites (tertiary alicyclic amines) is 1. The van der Waals surface area contributed by atoms with Gasteiger partial charge in [0.15, 0.2) is 0 Å². The Morgan fingerprint density at radius 3 is 2.76 bits per heavy atom. The quantitative estimate of drug-likeness (QED) is 0.870. The molecule has 110 valence electrons. The van der Waals surface area contributed by atoms with Crippen molar-refractivity contribution in [3.8, 4) is 6.07 Å². The highest BCUT2D eigenvalue weighted by atomic mass is 19.1. The number of amides is 2. The number of carboxylic acid groups (broad SMARTS) is 1. The van der Waals surface area contributed by atoms with Crippen molar-refractivity contribution in [3.63, 3.8) is 0 Å². The molecule has 2 amide bonds. The van der Waals surface area contributed by atoms with Gasteiger partial charge in [-0.2, -0.15) is 5.26 Å². The van der Waals surface area contributed by atoms with Crippen LogP contribution in [0.2, 0.25) is 0 Å². The smallest absolute Gasteiger partial charge is 0.321 e. The Bertz CT molecular complexity index is 626. The van der Waals surface area contributed by atoms with E-state index in [4.69, 9.17) is 10.4 Å². The number of urea groups is 1. The largest absolute Gasteiger partial charge is 0.481 e. The second kappa shape index (κ2) is 5.79. The first kappa shape index (κ1) is 14.8. The molecule has 0 spiro atoms. The van der Waals surface area contributed by atoms with Gasteiger partial charge in [-0.15, -0.1) is 0 Å². The predicted molar refractivity (Wildman–Crippen MR) is 72.0 cm³/mol. The summed E-state index contributed by atoms with van der Waals surface area (Å²) in [5, 5.41) is 20.5. The number of nitrogens with zero attached hydrogens (tertiary/aromatic N) is 2. The maximum absolute atomic E-state index is 13.0. The fourth-order valence-electron chi connectivity index (χ4n) is 2.37. The van der Waals surface area contributed by atoms with Gasteiger partial charge >= 0.3 is 12.0 Å². The van der Waals surface area contributed by atoms with E-state index >= 15 is 0 Å². The van der Waals surface area contributed by atoms with E-state index in [1.807, 2.05) is 0 Å². The molecule has 2 rings (SSSR count). The maximum Gasteiger partial charge on any atom is 0.321 e. The molecule has 0 saturated carbocycles. The van der Waals surface area contributed by atoms with Gasteiger partial charge in [0.05, 0.1) is 17.2 Å². The second-order valence-corrected chi connectivity index (χ2v) is 5.06. The van der Waals surface area contributed by atoms with E-state index in [9.17, 15) is 14.0 Å². The molecule has 21 heavy (non-hydrogen) atoms. The molecule has 1 saturated heterocycles. The summed E-state index contributed by atoms with van der Waals surface area (Å²) in [7, 11) is 0. The fourth-order valence-corrected chi connectivity index (χ4v) is 2.37. The first-order chi connectivity index (χ1) is 9.92. The molecule has 1 aromatic rings. The summed E-state index contributed by atoms with van der Waals surface area (Å²) >= 11 is 0. The number of aliphatic carboxylic acids is 1. The Hall–Kier alpha value is -2.62. The number of nitriles is 1. The molecule has 0 radical (unpaired) electrons. The van der Waals surface area contributed by atoms with Gasteiger partial charge in [-0.3, -0.25) is 4.79 Å². The number of carbonyl (C=O) groups is 2. The van der Waals surface area contributed by atoms with E-state index in [-0.39, 0.29) is 23.7 Å². The lowest BCUT2D eigenvalue weighted by Crippen LogP contribution is -2.34. The Labute approximate surface area is 120 Å². The van der Waals surface area contributed by atoms with Crippen LogP contribution in [-0.4, -0.2) is 35.1 Å². The molecule has 0 bridgehead atoms. The number of nitrogens with one attached hydrogen (secondary N) is 1. The number of carboxylic acids is 1. The topological polar surface area (TPSA) is 93.4 Å². The normalized spacial score (nSPS) is 20.9. The zero-order valence-electron chi connectivity index (χ0n) is 11.3. The summed E-state index contributed by atoms with van der Waals surface area (Å²) in [6.07, 6.45) is 0. The molecule has 7 heteroatoms. The van der Waals surface area contributed by atoms with Gasteiger partial charge in [-0.1, -0.05) is 6.92 Å². The Morgan fingerprint density at radius 1 is 1.48 bits per heavy atom. The number of benzene rings is 1. The minimum absolute atomic E-state index is 0.0189. The van der Waals surface area contributed by atoms with Crippen molar-refractivity contribution in [2.45, 2.75) is 6.92 Å². The molecular weight excluding hydrogens is 277 g/mol. The molecule has 2 atom stereocenters. The summed E-state index contributed by atoms with van der Waals surface area (Å²) in [5.74, 6) is -2.24. The monoisotopic (exact) mass is 291 g/mol. The first-order valence-electron chi connectivity index (χ1n) is 6.40. The van der Waals surface area contributed by atoms with Crippen LogP contribution in [0.1, 0.15) is 12.5 Å². The predicted octanol–water partition coefficient (Wildman–Crippen LogP) is 1.88. The highest BCUT2D eigenvalue weighted by Gasteiger charge is 2.37. The van der Waals surface area contributed by atoms with Crippen LogP contribution in [-0.2, 0) is 4.79 Å². The van der Waals surface area contributed by atoms with Crippen LogP contribution in [0.15, 0.2) is 18.2 Å². The molecule has 0 aromatic heterocycles. The standard InChI is InChI=1S/C14H14FN3O3/c1-8-6-18(7-11(8)13(19)20)14(21)17-12-3-2-10(15)4-9(12)5-16/h2-4,8,11H,6-7H2,1H3,(H,17,21)(H,19,20)/t8-,11-/m1/s1. The molecule has 0 unspecified atom stereocenters. The minimum atomic E-state index is -0.933. The van der Waals surface area contributed by atoms with Crippen molar-refractivity contribution in [1.82, 2.24) is 4.90 Å². The summed E-state index contributed by atoms with van der Waals surface area (Å²) in [6, 6.07) is 4.79. The van der Waals surface area contributed by atoms with Crippen molar-refractivity contribution >= 4 is 17.7 Å². The van der Waals surface area contributed by atoms with Crippen molar-refractivity contribution in [1.29, 1.82) is 5.26 Å². The van der Waals surface area contributed by atoms with Gasteiger partial charge in [0.25, 0.3) is 0 Å². The molecule has 2 N–H and O–H groups in total. The first-order valence-corrected chi connectivity index (χ1v) is 6.40. The Kier molecular flexibility index (Phi) is 4.08. The zero-order valence-corrected chi connectivity index (χ0v) is 11.3. The lowest BCUT2D eigenvalue weighted by atomic mass is 9.99. The maximum atomic E-state index is 13.0. The lowest BCUT2D eigenvalue weighted by Gasteiger charge is -2.17. The van der Waals surface area contributed by atoms with Gasteiger partial charge in [0.1, 0.15) is 11.9 Å². The van der Waals surface area contributed by atoms with Crippen LogP contribution in [0, 0.1) is 29.0 Å². The Balaban J connectivity index is 2.10. The Morgan fingerprint density at radius 2 is 2.19 bits per heavy atom. The van der Waals surface area contributed by atoms with E-state index in [0.29, 0.717) is 6.54 Å². The molecule has 1 fully saturated rings. The SMILES string of the molecule is C[C@@H]1CN(C(=O)Nc2ccc(F)cc2C#N)C[C@H]1C(=O)O. The summed E-state index contributed by atoms with van der Waals surface area (Å²) in [5.41, 5.74) is 0.223. The molecule has 1 heterocycles. The van der Waals surface area contributed by atoms with E-state index in [1.165, 1.54) is 11.0 Å². The highest BCUT2D eigenvalue weighted by Crippen LogP contribution is 2.24. The van der Waals surface area contributed by atoms with Gasteiger partial charge in [0, 0.05) is 13.1 Å². The number of hydrogen-bond donors (Lipinski definition) is 2. The van der Waals surface area contributed by atoms with Crippen molar-refractivity contribution in [2.24, 2.45) is 11.8 Å². The van der Waals surface area contributed by atoms with Gasteiger partial charge in [-0.25, -0.2) is 9.18 Å². The molecular formula is C14H14FN3O3. The van der Waals surface area contributed by atoms with Gasteiger partial charge in [0.2, 0.25) is 0 Å². The van der Waals surface area contributed by atoms with E-state index < -0.39 is 23.7 Å². The zero-order chi connectivity index (χ0) is 15.6. The van der Waals surface area contributed by atoms with Crippen LogP contribution in [0.4, 0.5) is 14.9 Å². The molecule has 0 aliphatic carbocycles. The molecule has 6 nitrogen and oxygen atoms in total. The molecule has 1 aliphatic heterocycles. The fraction of sp³-hybridized carbons (Fsp3) is 0.357. The van der Waals surface area contributed by atoms with E-state index in [0.717, 1.165) is 12.1 Å². The average Bonchev–Trinajstić information content (AvgIpc) is 2.83. The van der Waals surface area contributed by atoms with E-state index in [2.05, 4.69) is 5.32 Å². The highest BCUT2D eigenvalue weighted by molar-refractivity contribution is 5.91. The van der Waals surface area contributed by atoms with Gasteiger partial charge in [-0.05, 0) is 24.1 Å².